The van der Waals surface area contributed by atoms with Crippen LogP contribution in [0.2, 0.25) is 0 Å². The van der Waals surface area contributed by atoms with Gasteiger partial charge in [-0.25, -0.2) is 0 Å². The third-order valence-corrected chi connectivity index (χ3v) is 5.24. The van der Waals surface area contributed by atoms with Gasteiger partial charge in [0.05, 0.1) is 0 Å². The Bertz CT molecular complexity index is 1170. The molecule has 0 saturated carbocycles. The van der Waals surface area contributed by atoms with Gasteiger partial charge in [0.15, 0.2) is 0 Å². The Balaban J connectivity index is 1.26. The van der Waals surface area contributed by atoms with Gasteiger partial charge in [-0.15, -0.1) is 0 Å². The molecule has 0 aliphatic heterocycles. The lowest BCUT2D eigenvalue weighted by Crippen LogP contribution is -2.23. The third kappa shape index (κ3) is 7.24. The lowest BCUT2D eigenvalue weighted by molar-refractivity contribution is 0.0942. The van der Waals surface area contributed by atoms with Gasteiger partial charge in [0, 0.05) is 24.2 Å². The maximum atomic E-state index is 12.5. The first-order valence-corrected chi connectivity index (χ1v) is 11.3. The van der Waals surface area contributed by atoms with Gasteiger partial charge in [-0.3, -0.25) is 9.59 Å². The maximum absolute atomic E-state index is 12.5. The van der Waals surface area contributed by atoms with Crippen molar-refractivity contribution in [3.8, 4) is 11.5 Å². The van der Waals surface area contributed by atoms with E-state index in [2.05, 4.69) is 10.6 Å². The average molecular weight is 464 g/mol. The average Bonchev–Trinajstić information content (AvgIpc) is 2.92. The van der Waals surface area contributed by atoms with Gasteiger partial charge in [0.2, 0.25) is 0 Å². The van der Waals surface area contributed by atoms with Crippen LogP contribution in [-0.4, -0.2) is 19.5 Å². The van der Waals surface area contributed by atoms with Gasteiger partial charge in [-0.1, -0.05) is 72.8 Å². The molecule has 0 aromatic heterocycles. The predicted octanol–water partition coefficient (Wildman–Crippen LogP) is 4.27. The monoisotopic (exact) mass is 464 g/mol. The first kappa shape index (κ1) is 23.6. The normalized spacial score (nSPS) is 10.2. The van der Waals surface area contributed by atoms with Crippen LogP contribution in [0.4, 0.5) is 0 Å². The van der Waals surface area contributed by atoms with Crippen LogP contribution >= 0.6 is 0 Å². The summed E-state index contributed by atoms with van der Waals surface area (Å²) in [7, 11) is -0.0653. The summed E-state index contributed by atoms with van der Waals surface area (Å²) in [4.78, 5) is 24.9. The van der Waals surface area contributed by atoms with Crippen LogP contribution in [0, 0.1) is 0 Å². The minimum Gasteiger partial charge on any atom is -0.529 e. The molecule has 0 radical (unpaired) electrons. The van der Waals surface area contributed by atoms with E-state index in [4.69, 9.17) is 9.31 Å². The Morgan fingerprint density at radius 3 is 1.43 bits per heavy atom. The number of carbonyl (C=O) groups excluding carboxylic acids is 2. The first-order valence-electron chi connectivity index (χ1n) is 11.3. The van der Waals surface area contributed by atoms with Gasteiger partial charge in [-0.2, -0.15) is 0 Å². The Kier molecular flexibility index (Phi) is 8.16. The van der Waals surface area contributed by atoms with Crippen molar-refractivity contribution in [1.82, 2.24) is 10.6 Å². The zero-order valence-corrected chi connectivity index (χ0v) is 19.1. The van der Waals surface area contributed by atoms with E-state index < -0.39 is 0 Å². The number of hydrogen-bond donors (Lipinski definition) is 2. The quantitative estimate of drug-likeness (QED) is 0.344. The van der Waals surface area contributed by atoms with Crippen molar-refractivity contribution in [1.29, 1.82) is 0 Å². The highest BCUT2D eigenvalue weighted by Crippen LogP contribution is 2.16. The second-order valence-corrected chi connectivity index (χ2v) is 7.80. The van der Waals surface area contributed by atoms with Gasteiger partial charge in [0.25, 0.3) is 11.8 Å². The van der Waals surface area contributed by atoms with Gasteiger partial charge in [-0.05, 0) is 47.5 Å². The zero-order chi connectivity index (χ0) is 24.3. The van der Waals surface area contributed by atoms with Gasteiger partial charge < -0.3 is 19.9 Å². The molecule has 0 aliphatic carbocycles. The fraction of sp³-hybridized carbons (Fsp3) is 0.0714. The van der Waals surface area contributed by atoms with E-state index in [0.29, 0.717) is 35.7 Å². The number of amides is 2. The van der Waals surface area contributed by atoms with E-state index in [9.17, 15) is 9.59 Å². The Morgan fingerprint density at radius 1 is 0.571 bits per heavy atom. The molecule has 2 N–H and O–H groups in total. The number of nitrogens with one attached hydrogen (secondary N) is 2. The fourth-order valence-corrected chi connectivity index (χ4v) is 3.38. The highest BCUT2D eigenvalue weighted by Gasteiger charge is 2.09. The van der Waals surface area contributed by atoms with Crippen LogP contribution in [0.1, 0.15) is 31.8 Å². The zero-order valence-electron chi connectivity index (χ0n) is 19.1. The SMILES string of the molecule is O=C(NCc1ccccc1)c1cccc(OBOc2cccc(C(=O)NCc3ccccc3)c2)c1. The summed E-state index contributed by atoms with van der Waals surface area (Å²) in [5, 5.41) is 5.80. The molecule has 0 fully saturated rings. The van der Waals surface area contributed by atoms with Gasteiger partial charge in [0.1, 0.15) is 11.5 Å². The number of benzene rings is 4. The molecular formula is C28H25BN2O4. The molecular weight excluding hydrogens is 439 g/mol. The first-order chi connectivity index (χ1) is 17.2. The molecule has 35 heavy (non-hydrogen) atoms. The minimum absolute atomic E-state index is 0.0653. The van der Waals surface area contributed by atoms with E-state index in [1.807, 2.05) is 60.7 Å². The smallest absolute Gasteiger partial charge is 0.529 e. The number of hydrogen-bond acceptors (Lipinski definition) is 4. The summed E-state index contributed by atoms with van der Waals surface area (Å²) in [6, 6.07) is 33.2. The van der Waals surface area contributed by atoms with Crippen molar-refractivity contribution in [3.05, 3.63) is 131 Å². The Labute approximate surface area is 205 Å². The van der Waals surface area contributed by atoms with Crippen LogP contribution in [0.3, 0.4) is 0 Å². The molecule has 0 spiro atoms. The number of rotatable bonds is 10. The van der Waals surface area contributed by atoms with E-state index in [1.54, 1.807) is 48.5 Å². The third-order valence-electron chi connectivity index (χ3n) is 5.24. The largest absolute Gasteiger partial charge is 0.576 e. The molecule has 4 aromatic rings. The van der Waals surface area contributed by atoms with Crippen LogP contribution < -0.4 is 19.9 Å². The standard InChI is InChI=1S/C28H25BN2O4/c32-27(30-19-21-9-3-1-4-10-21)23-13-7-15-25(17-23)34-29-35-26-16-8-14-24(18-26)28(33)31-20-22-11-5-2-6-12-22/h1-18,29H,19-20H2,(H,30,32)(H,31,33). The predicted molar refractivity (Wildman–Crippen MR) is 137 cm³/mol. The highest BCUT2D eigenvalue weighted by atomic mass is 16.6. The summed E-state index contributed by atoms with van der Waals surface area (Å²) in [6.45, 7) is 0.895. The van der Waals surface area contributed by atoms with E-state index in [0.717, 1.165) is 11.1 Å². The lowest BCUT2D eigenvalue weighted by Gasteiger charge is -2.10. The molecule has 174 valence electrons. The molecule has 4 rings (SSSR count). The molecule has 0 atom stereocenters. The van der Waals surface area contributed by atoms with Crippen LogP contribution in [-0.2, 0) is 13.1 Å². The second kappa shape index (κ2) is 12.1. The topological polar surface area (TPSA) is 76.7 Å². The van der Waals surface area contributed by atoms with Crippen molar-refractivity contribution in [2.45, 2.75) is 13.1 Å². The Morgan fingerprint density at radius 2 is 1.00 bits per heavy atom. The Hall–Kier alpha value is -4.52. The molecule has 4 aromatic carbocycles. The summed E-state index contributed by atoms with van der Waals surface area (Å²) in [5.74, 6) is 0.645. The number of carbonyl (C=O) groups is 2. The summed E-state index contributed by atoms with van der Waals surface area (Å²) in [5.41, 5.74) is 3.04. The minimum atomic E-state index is -0.186. The lowest BCUT2D eigenvalue weighted by atomic mass is 10.1. The molecule has 2 amide bonds. The van der Waals surface area contributed by atoms with Crippen molar-refractivity contribution >= 4 is 19.5 Å². The van der Waals surface area contributed by atoms with Crippen LogP contribution in [0.15, 0.2) is 109 Å². The van der Waals surface area contributed by atoms with E-state index >= 15 is 0 Å². The van der Waals surface area contributed by atoms with Crippen LogP contribution in [0.25, 0.3) is 0 Å². The van der Waals surface area contributed by atoms with Crippen molar-refractivity contribution in [2.75, 3.05) is 0 Å². The summed E-state index contributed by atoms with van der Waals surface area (Å²) < 4.78 is 11.3. The molecule has 6 nitrogen and oxygen atoms in total. The highest BCUT2D eigenvalue weighted by molar-refractivity contribution is 6.20. The van der Waals surface area contributed by atoms with Gasteiger partial charge >= 0.3 is 7.69 Å². The van der Waals surface area contributed by atoms with Crippen molar-refractivity contribution < 1.29 is 18.9 Å². The molecule has 0 bridgehead atoms. The summed E-state index contributed by atoms with van der Waals surface area (Å²) in [6.07, 6.45) is 0. The summed E-state index contributed by atoms with van der Waals surface area (Å²) >= 11 is 0. The van der Waals surface area contributed by atoms with Crippen molar-refractivity contribution in [3.63, 3.8) is 0 Å². The van der Waals surface area contributed by atoms with E-state index in [-0.39, 0.29) is 19.5 Å². The van der Waals surface area contributed by atoms with Crippen LogP contribution in [0.5, 0.6) is 11.5 Å². The van der Waals surface area contributed by atoms with Crippen molar-refractivity contribution in [2.24, 2.45) is 0 Å². The molecule has 0 unspecified atom stereocenters. The molecule has 0 heterocycles. The second-order valence-electron chi connectivity index (χ2n) is 7.80. The molecule has 0 aliphatic rings. The van der Waals surface area contributed by atoms with E-state index in [1.165, 1.54) is 0 Å². The fourth-order valence-electron chi connectivity index (χ4n) is 3.38. The molecule has 0 saturated heterocycles. The molecule has 7 heteroatoms. The maximum Gasteiger partial charge on any atom is 0.576 e.